The monoisotopic (exact) mass is 266 g/mol. The second-order valence-electron chi connectivity index (χ2n) is 5.65. The Bertz CT molecular complexity index is 476. The van der Waals surface area contributed by atoms with Gasteiger partial charge >= 0.3 is 0 Å². The Hall–Kier alpha value is -1.64. The normalized spacial score (nSPS) is 22.9. The van der Waals surface area contributed by atoms with Crippen LogP contribution in [-0.2, 0) is 0 Å². The second kappa shape index (κ2) is 6.21. The van der Waals surface area contributed by atoms with E-state index in [1.54, 1.807) is 0 Å². The first-order chi connectivity index (χ1) is 9.84. The molecule has 0 bridgehead atoms. The zero-order chi connectivity index (χ0) is 13.8. The van der Waals surface area contributed by atoms with Crippen molar-refractivity contribution in [1.82, 2.24) is 5.32 Å². The first kappa shape index (κ1) is 13.3. The minimum absolute atomic E-state index is 0.304. The van der Waals surface area contributed by atoms with Crippen LogP contribution in [0.2, 0.25) is 0 Å². The number of nitrogens with one attached hydrogen (secondary N) is 1. The lowest BCUT2D eigenvalue weighted by Gasteiger charge is -2.34. The quantitative estimate of drug-likeness (QED) is 0.896. The van der Waals surface area contributed by atoms with Crippen LogP contribution in [0.3, 0.4) is 0 Å². The van der Waals surface area contributed by atoms with E-state index in [1.807, 2.05) is 0 Å². The number of benzene rings is 2. The molecule has 2 aromatic carbocycles. The van der Waals surface area contributed by atoms with Crippen molar-refractivity contribution in [3.05, 3.63) is 71.8 Å². The average Bonchev–Trinajstić information content (AvgIpc) is 2.52. The number of rotatable bonds is 3. The molecule has 2 aromatic rings. The fourth-order valence-corrected chi connectivity index (χ4v) is 3.16. The van der Waals surface area contributed by atoms with Crippen LogP contribution in [0.15, 0.2) is 60.7 Å². The van der Waals surface area contributed by atoms with E-state index >= 15 is 0 Å². The summed E-state index contributed by atoms with van der Waals surface area (Å²) < 4.78 is 0. The first-order valence-electron chi connectivity index (χ1n) is 7.43. The van der Waals surface area contributed by atoms with Crippen LogP contribution in [0.5, 0.6) is 0 Å². The summed E-state index contributed by atoms with van der Waals surface area (Å²) in [7, 11) is 0. The zero-order valence-electron chi connectivity index (χ0n) is 11.7. The van der Waals surface area contributed by atoms with Crippen molar-refractivity contribution >= 4 is 0 Å². The maximum Gasteiger partial charge on any atom is 0.0243 e. The van der Waals surface area contributed by atoms with Crippen LogP contribution in [0.25, 0.3) is 0 Å². The molecule has 1 saturated heterocycles. The summed E-state index contributed by atoms with van der Waals surface area (Å²) in [6.45, 7) is 0.917. The number of hydrogen-bond acceptors (Lipinski definition) is 2. The van der Waals surface area contributed by atoms with E-state index in [-0.39, 0.29) is 0 Å². The fourth-order valence-electron chi connectivity index (χ4n) is 3.16. The van der Waals surface area contributed by atoms with Crippen molar-refractivity contribution in [1.29, 1.82) is 0 Å². The molecule has 2 atom stereocenters. The number of hydrogen-bond donors (Lipinski definition) is 2. The largest absolute Gasteiger partial charge is 0.327 e. The molecule has 0 spiro atoms. The molecule has 3 rings (SSSR count). The van der Waals surface area contributed by atoms with E-state index in [4.69, 9.17) is 5.73 Å². The minimum Gasteiger partial charge on any atom is -0.327 e. The summed E-state index contributed by atoms with van der Waals surface area (Å²) in [5, 5.41) is 3.64. The molecule has 0 aliphatic carbocycles. The SMILES string of the molecule is N[C@@H]1CC[C@H](C(c2ccccc2)c2ccccc2)NC1. The van der Waals surface area contributed by atoms with Gasteiger partial charge < -0.3 is 11.1 Å². The van der Waals surface area contributed by atoms with Crippen molar-refractivity contribution < 1.29 is 0 Å². The van der Waals surface area contributed by atoms with E-state index in [1.165, 1.54) is 11.1 Å². The van der Waals surface area contributed by atoms with Gasteiger partial charge in [0.1, 0.15) is 0 Å². The maximum absolute atomic E-state index is 6.01. The average molecular weight is 266 g/mol. The molecule has 1 aliphatic rings. The molecule has 0 saturated carbocycles. The molecule has 1 heterocycles. The van der Waals surface area contributed by atoms with Gasteiger partial charge in [-0.15, -0.1) is 0 Å². The summed E-state index contributed by atoms with van der Waals surface area (Å²) in [5.41, 5.74) is 8.77. The zero-order valence-corrected chi connectivity index (χ0v) is 11.7. The molecule has 3 N–H and O–H groups in total. The Morgan fingerprint density at radius 2 is 1.40 bits per heavy atom. The molecule has 0 aromatic heterocycles. The summed E-state index contributed by atoms with van der Waals surface area (Å²) in [6, 6.07) is 22.4. The summed E-state index contributed by atoms with van der Waals surface area (Å²) >= 11 is 0. The summed E-state index contributed by atoms with van der Waals surface area (Å²) in [6.07, 6.45) is 2.24. The lowest BCUT2D eigenvalue weighted by atomic mass is 9.81. The first-order valence-corrected chi connectivity index (χ1v) is 7.43. The third-order valence-corrected chi connectivity index (χ3v) is 4.21. The predicted octanol–water partition coefficient (Wildman–Crippen LogP) is 2.90. The van der Waals surface area contributed by atoms with Crippen LogP contribution in [0, 0.1) is 0 Å². The number of nitrogens with two attached hydrogens (primary N) is 1. The highest BCUT2D eigenvalue weighted by Gasteiger charge is 2.27. The third-order valence-electron chi connectivity index (χ3n) is 4.21. The van der Waals surface area contributed by atoms with Gasteiger partial charge in [-0.1, -0.05) is 60.7 Å². The molecular formula is C18H22N2. The van der Waals surface area contributed by atoms with E-state index in [9.17, 15) is 0 Å². The van der Waals surface area contributed by atoms with E-state index in [0.29, 0.717) is 18.0 Å². The minimum atomic E-state index is 0.304. The summed E-state index contributed by atoms with van der Waals surface area (Å²) in [5.74, 6) is 0.407. The molecular weight excluding hydrogens is 244 g/mol. The Morgan fingerprint density at radius 3 is 1.85 bits per heavy atom. The van der Waals surface area contributed by atoms with Crippen LogP contribution in [-0.4, -0.2) is 18.6 Å². The van der Waals surface area contributed by atoms with Crippen LogP contribution in [0.4, 0.5) is 0 Å². The van der Waals surface area contributed by atoms with Gasteiger partial charge in [0.15, 0.2) is 0 Å². The highest BCUT2D eigenvalue weighted by atomic mass is 15.0. The maximum atomic E-state index is 6.01. The Labute approximate surface area is 121 Å². The molecule has 104 valence electrons. The molecule has 20 heavy (non-hydrogen) atoms. The Balaban J connectivity index is 1.92. The Kier molecular flexibility index (Phi) is 4.14. The lowest BCUT2D eigenvalue weighted by molar-refractivity contribution is 0.342. The molecule has 1 aliphatic heterocycles. The van der Waals surface area contributed by atoms with Gasteiger partial charge in [0.2, 0.25) is 0 Å². The standard InChI is InChI=1S/C18H22N2/c19-16-11-12-17(20-13-16)18(14-7-3-1-4-8-14)15-9-5-2-6-10-15/h1-10,16-18,20H,11-13,19H2/t16-,17-/m1/s1. The molecule has 2 nitrogen and oxygen atoms in total. The van der Waals surface area contributed by atoms with E-state index < -0.39 is 0 Å². The van der Waals surface area contributed by atoms with Crippen LogP contribution in [0.1, 0.15) is 29.9 Å². The predicted molar refractivity (Wildman–Crippen MR) is 83.7 cm³/mol. The van der Waals surface area contributed by atoms with Gasteiger partial charge in [-0.05, 0) is 24.0 Å². The van der Waals surface area contributed by atoms with Gasteiger partial charge in [0.25, 0.3) is 0 Å². The lowest BCUT2D eigenvalue weighted by Crippen LogP contribution is -2.48. The van der Waals surface area contributed by atoms with Crippen molar-refractivity contribution in [2.45, 2.75) is 30.8 Å². The van der Waals surface area contributed by atoms with Gasteiger partial charge in [0, 0.05) is 24.5 Å². The molecule has 0 radical (unpaired) electrons. The second-order valence-corrected chi connectivity index (χ2v) is 5.65. The van der Waals surface area contributed by atoms with Crippen LogP contribution >= 0.6 is 0 Å². The van der Waals surface area contributed by atoms with Gasteiger partial charge in [0.05, 0.1) is 0 Å². The Morgan fingerprint density at radius 1 is 0.850 bits per heavy atom. The van der Waals surface area contributed by atoms with E-state index in [2.05, 4.69) is 66.0 Å². The van der Waals surface area contributed by atoms with Gasteiger partial charge in [-0.2, -0.15) is 0 Å². The van der Waals surface area contributed by atoms with E-state index in [0.717, 1.165) is 19.4 Å². The molecule has 0 amide bonds. The highest BCUT2D eigenvalue weighted by Crippen LogP contribution is 2.31. The van der Waals surface area contributed by atoms with Gasteiger partial charge in [-0.3, -0.25) is 0 Å². The molecule has 0 unspecified atom stereocenters. The fraction of sp³-hybridized carbons (Fsp3) is 0.333. The molecule has 1 fully saturated rings. The van der Waals surface area contributed by atoms with Gasteiger partial charge in [-0.25, -0.2) is 0 Å². The molecule has 2 heteroatoms. The van der Waals surface area contributed by atoms with Crippen molar-refractivity contribution in [3.63, 3.8) is 0 Å². The smallest absolute Gasteiger partial charge is 0.0243 e. The van der Waals surface area contributed by atoms with Crippen molar-refractivity contribution in [2.24, 2.45) is 5.73 Å². The third kappa shape index (κ3) is 2.92. The topological polar surface area (TPSA) is 38.0 Å². The van der Waals surface area contributed by atoms with Crippen LogP contribution < -0.4 is 11.1 Å². The highest BCUT2D eigenvalue weighted by molar-refractivity contribution is 5.34. The number of piperidine rings is 1. The summed E-state index contributed by atoms with van der Waals surface area (Å²) in [4.78, 5) is 0. The van der Waals surface area contributed by atoms with Crippen molar-refractivity contribution in [2.75, 3.05) is 6.54 Å². The van der Waals surface area contributed by atoms with Crippen molar-refractivity contribution in [3.8, 4) is 0 Å².